The molecule has 0 saturated heterocycles. The minimum absolute atomic E-state index is 0.00623. The summed E-state index contributed by atoms with van der Waals surface area (Å²) in [6.07, 6.45) is 2.48. The van der Waals surface area contributed by atoms with Gasteiger partial charge in [-0.25, -0.2) is 0 Å². The van der Waals surface area contributed by atoms with E-state index in [1.54, 1.807) is 4.90 Å². The molecule has 0 aliphatic heterocycles. The lowest BCUT2D eigenvalue weighted by molar-refractivity contribution is -0.141. The van der Waals surface area contributed by atoms with Gasteiger partial charge in [0.25, 0.3) is 0 Å². The third kappa shape index (κ3) is 7.81. The first-order valence-corrected chi connectivity index (χ1v) is 12.6. The number of hydrogen-bond donors (Lipinski definition) is 1. The number of nitrogens with zero attached hydrogens (tertiary/aromatic N) is 1. The standard InChI is InChI=1S/C31H38N2O2/c1-5-25-15-17-26(18-16-25)19-20-30(34)33(22-28-14-10-9-11-24(28)4)29(31(35)32-23(2)3)21-27-12-7-6-8-13-27/h6-18,23,29H,5,19-22H2,1-4H3,(H,32,35)/t29-/m1/s1. The van der Waals surface area contributed by atoms with Gasteiger partial charge in [0.05, 0.1) is 0 Å². The van der Waals surface area contributed by atoms with E-state index in [0.717, 1.165) is 28.7 Å². The highest BCUT2D eigenvalue weighted by molar-refractivity contribution is 5.88. The zero-order valence-electron chi connectivity index (χ0n) is 21.5. The molecule has 3 rings (SSSR count). The number of carbonyl (C=O) groups is 2. The van der Waals surface area contributed by atoms with Crippen LogP contribution in [0.4, 0.5) is 0 Å². The Bertz CT molecular complexity index is 1090. The lowest BCUT2D eigenvalue weighted by Gasteiger charge is -2.32. The van der Waals surface area contributed by atoms with Crippen LogP contribution in [0.3, 0.4) is 0 Å². The van der Waals surface area contributed by atoms with Crippen LogP contribution >= 0.6 is 0 Å². The fourth-order valence-corrected chi connectivity index (χ4v) is 4.24. The number of rotatable bonds is 11. The van der Waals surface area contributed by atoms with Gasteiger partial charge >= 0.3 is 0 Å². The van der Waals surface area contributed by atoms with Gasteiger partial charge in [-0.15, -0.1) is 0 Å². The minimum Gasteiger partial charge on any atom is -0.352 e. The van der Waals surface area contributed by atoms with Crippen LogP contribution < -0.4 is 5.32 Å². The Balaban J connectivity index is 1.89. The van der Waals surface area contributed by atoms with Gasteiger partial charge in [-0.1, -0.05) is 85.8 Å². The molecule has 1 N–H and O–H groups in total. The Labute approximate surface area is 210 Å². The molecule has 3 aromatic rings. The van der Waals surface area contributed by atoms with E-state index in [0.29, 0.717) is 25.8 Å². The topological polar surface area (TPSA) is 49.4 Å². The largest absolute Gasteiger partial charge is 0.352 e. The second kappa shape index (κ2) is 12.9. The first-order chi connectivity index (χ1) is 16.9. The van der Waals surface area contributed by atoms with Crippen molar-refractivity contribution in [2.75, 3.05) is 0 Å². The lowest BCUT2D eigenvalue weighted by Crippen LogP contribution is -2.51. The molecule has 0 aliphatic carbocycles. The number of carbonyl (C=O) groups excluding carboxylic acids is 2. The quantitative estimate of drug-likeness (QED) is 0.393. The summed E-state index contributed by atoms with van der Waals surface area (Å²) in [5.74, 6) is -0.120. The molecule has 0 radical (unpaired) electrons. The highest BCUT2D eigenvalue weighted by atomic mass is 16.2. The highest BCUT2D eigenvalue weighted by Crippen LogP contribution is 2.19. The fraction of sp³-hybridized carbons (Fsp3) is 0.355. The van der Waals surface area contributed by atoms with E-state index < -0.39 is 6.04 Å². The van der Waals surface area contributed by atoms with E-state index in [1.807, 2.05) is 75.4 Å². The van der Waals surface area contributed by atoms with Gasteiger partial charge in [0.1, 0.15) is 6.04 Å². The lowest BCUT2D eigenvalue weighted by atomic mass is 10.00. The van der Waals surface area contributed by atoms with Crippen molar-refractivity contribution in [3.8, 4) is 0 Å². The van der Waals surface area contributed by atoms with Crippen molar-refractivity contribution in [2.24, 2.45) is 0 Å². The second-order valence-corrected chi connectivity index (χ2v) is 9.49. The average Bonchev–Trinajstić information content (AvgIpc) is 2.86. The Kier molecular flexibility index (Phi) is 9.66. The maximum atomic E-state index is 13.7. The van der Waals surface area contributed by atoms with Crippen molar-refractivity contribution in [2.45, 2.75) is 72.0 Å². The maximum absolute atomic E-state index is 13.7. The number of nitrogens with one attached hydrogen (secondary N) is 1. The van der Waals surface area contributed by atoms with Crippen molar-refractivity contribution in [1.29, 1.82) is 0 Å². The normalized spacial score (nSPS) is 11.8. The smallest absolute Gasteiger partial charge is 0.243 e. The van der Waals surface area contributed by atoms with Gasteiger partial charge in [-0.3, -0.25) is 9.59 Å². The molecule has 2 amide bonds. The van der Waals surface area contributed by atoms with Gasteiger partial charge in [-0.2, -0.15) is 0 Å². The number of benzene rings is 3. The summed E-state index contributed by atoms with van der Waals surface area (Å²) in [6.45, 7) is 8.49. The summed E-state index contributed by atoms with van der Waals surface area (Å²) in [6, 6.07) is 25.9. The van der Waals surface area contributed by atoms with Crippen molar-refractivity contribution in [3.05, 3.63) is 107 Å². The van der Waals surface area contributed by atoms with E-state index in [2.05, 4.69) is 36.5 Å². The van der Waals surface area contributed by atoms with Crippen LogP contribution in [0.25, 0.3) is 0 Å². The summed E-state index contributed by atoms with van der Waals surface area (Å²) in [7, 11) is 0. The predicted octanol–water partition coefficient (Wildman–Crippen LogP) is 5.65. The Morgan fingerprint density at radius 3 is 2.09 bits per heavy atom. The number of aryl methyl sites for hydroxylation is 3. The van der Waals surface area contributed by atoms with Crippen LogP contribution in [-0.4, -0.2) is 28.8 Å². The van der Waals surface area contributed by atoms with Gasteiger partial charge < -0.3 is 10.2 Å². The number of amides is 2. The minimum atomic E-state index is -0.589. The van der Waals surface area contributed by atoms with Crippen molar-refractivity contribution in [3.63, 3.8) is 0 Å². The molecule has 0 bridgehead atoms. The maximum Gasteiger partial charge on any atom is 0.243 e. The van der Waals surface area contributed by atoms with Crippen molar-refractivity contribution in [1.82, 2.24) is 10.2 Å². The SMILES string of the molecule is CCc1ccc(CCC(=O)N(Cc2ccccc2C)[C@H](Cc2ccccc2)C(=O)NC(C)C)cc1. The molecule has 4 heteroatoms. The molecule has 3 aromatic carbocycles. The Morgan fingerprint density at radius 2 is 1.46 bits per heavy atom. The van der Waals surface area contributed by atoms with E-state index in [9.17, 15) is 9.59 Å². The predicted molar refractivity (Wildman–Crippen MR) is 143 cm³/mol. The van der Waals surface area contributed by atoms with Gasteiger partial charge in [0.15, 0.2) is 0 Å². The van der Waals surface area contributed by atoms with E-state index in [1.165, 1.54) is 5.56 Å². The zero-order chi connectivity index (χ0) is 25.2. The molecular weight excluding hydrogens is 432 g/mol. The fourth-order valence-electron chi connectivity index (χ4n) is 4.24. The van der Waals surface area contributed by atoms with Crippen LogP contribution in [0.2, 0.25) is 0 Å². The molecule has 0 spiro atoms. The highest BCUT2D eigenvalue weighted by Gasteiger charge is 2.30. The van der Waals surface area contributed by atoms with E-state index in [-0.39, 0.29) is 17.9 Å². The first kappa shape index (κ1) is 26.2. The van der Waals surface area contributed by atoms with E-state index in [4.69, 9.17) is 0 Å². The Morgan fingerprint density at radius 1 is 0.829 bits per heavy atom. The van der Waals surface area contributed by atoms with Crippen molar-refractivity contribution < 1.29 is 9.59 Å². The molecule has 0 unspecified atom stereocenters. The third-order valence-electron chi connectivity index (χ3n) is 6.36. The molecule has 0 saturated carbocycles. The molecule has 0 heterocycles. The van der Waals surface area contributed by atoms with Gasteiger partial charge in [-0.05, 0) is 61.4 Å². The monoisotopic (exact) mass is 470 g/mol. The number of hydrogen-bond acceptors (Lipinski definition) is 2. The third-order valence-corrected chi connectivity index (χ3v) is 6.36. The molecule has 184 valence electrons. The van der Waals surface area contributed by atoms with Crippen molar-refractivity contribution >= 4 is 11.8 Å². The summed E-state index contributed by atoms with van der Waals surface area (Å²) < 4.78 is 0. The van der Waals surface area contributed by atoms with Crippen LogP contribution in [-0.2, 0) is 35.4 Å². The average molecular weight is 471 g/mol. The summed E-state index contributed by atoms with van der Waals surface area (Å²) in [4.78, 5) is 28.9. The van der Waals surface area contributed by atoms with Crippen LogP contribution in [0.5, 0.6) is 0 Å². The molecule has 1 atom stereocenters. The Hall–Kier alpha value is -3.40. The summed E-state index contributed by atoms with van der Waals surface area (Å²) in [5.41, 5.74) is 5.63. The molecule has 0 aromatic heterocycles. The van der Waals surface area contributed by atoms with Crippen LogP contribution in [0.15, 0.2) is 78.9 Å². The zero-order valence-corrected chi connectivity index (χ0v) is 21.5. The molecule has 35 heavy (non-hydrogen) atoms. The van der Waals surface area contributed by atoms with Gasteiger partial charge in [0.2, 0.25) is 11.8 Å². The van der Waals surface area contributed by atoms with Gasteiger partial charge in [0, 0.05) is 25.4 Å². The van der Waals surface area contributed by atoms with E-state index >= 15 is 0 Å². The molecule has 0 aliphatic rings. The van der Waals surface area contributed by atoms with Crippen LogP contribution in [0.1, 0.15) is 55.0 Å². The summed E-state index contributed by atoms with van der Waals surface area (Å²) in [5, 5.41) is 3.05. The second-order valence-electron chi connectivity index (χ2n) is 9.49. The summed E-state index contributed by atoms with van der Waals surface area (Å²) >= 11 is 0. The molecular formula is C31H38N2O2. The first-order valence-electron chi connectivity index (χ1n) is 12.6. The van der Waals surface area contributed by atoms with Crippen LogP contribution in [0, 0.1) is 6.92 Å². The molecule has 4 nitrogen and oxygen atoms in total. The molecule has 0 fully saturated rings.